The van der Waals surface area contributed by atoms with Gasteiger partial charge in [0.15, 0.2) is 5.75 Å². The maximum atomic E-state index is 13.2. The standard InChI is InChI=1S/C20H14N2O4/c23-19(21-25)13-9-11-14(12-10-13)22-16-6-2-4-8-18(16)26-17-7-3-1-5-15(17)20(22)24/h1-12,25H,(H,21,23). The normalized spacial score (nSPS) is 12.5. The summed E-state index contributed by atoms with van der Waals surface area (Å²) in [6, 6.07) is 20.7. The first-order chi connectivity index (χ1) is 12.7. The van der Waals surface area contributed by atoms with Crippen molar-refractivity contribution in [3.63, 3.8) is 0 Å². The summed E-state index contributed by atoms with van der Waals surface area (Å²) in [4.78, 5) is 26.3. The van der Waals surface area contributed by atoms with Gasteiger partial charge in [-0.2, -0.15) is 0 Å². The molecule has 128 valence electrons. The number of hydrogen-bond donors (Lipinski definition) is 2. The van der Waals surface area contributed by atoms with E-state index in [1.165, 1.54) is 12.1 Å². The predicted molar refractivity (Wildman–Crippen MR) is 95.1 cm³/mol. The number of hydrogen-bond acceptors (Lipinski definition) is 4. The summed E-state index contributed by atoms with van der Waals surface area (Å²) in [7, 11) is 0. The lowest BCUT2D eigenvalue weighted by atomic mass is 10.1. The van der Waals surface area contributed by atoms with Gasteiger partial charge in [-0.25, -0.2) is 5.48 Å². The van der Waals surface area contributed by atoms with Crippen LogP contribution in [-0.4, -0.2) is 17.0 Å². The minimum Gasteiger partial charge on any atom is -0.454 e. The van der Waals surface area contributed by atoms with Crippen LogP contribution in [0, 0.1) is 0 Å². The summed E-state index contributed by atoms with van der Waals surface area (Å²) in [6.45, 7) is 0. The summed E-state index contributed by atoms with van der Waals surface area (Å²) < 4.78 is 5.94. The number of hydroxylamine groups is 1. The van der Waals surface area contributed by atoms with Crippen LogP contribution >= 0.6 is 0 Å². The van der Waals surface area contributed by atoms with Crippen LogP contribution in [-0.2, 0) is 0 Å². The Morgan fingerprint density at radius 2 is 1.54 bits per heavy atom. The van der Waals surface area contributed by atoms with Crippen LogP contribution in [0.4, 0.5) is 11.4 Å². The summed E-state index contributed by atoms with van der Waals surface area (Å²) in [5, 5.41) is 8.74. The second-order valence-electron chi connectivity index (χ2n) is 5.69. The number of para-hydroxylation sites is 3. The Balaban J connectivity index is 1.86. The number of amides is 2. The minimum absolute atomic E-state index is 0.232. The molecule has 0 fully saturated rings. The quantitative estimate of drug-likeness (QED) is 0.545. The number of nitrogens with one attached hydrogen (secondary N) is 1. The summed E-state index contributed by atoms with van der Waals surface area (Å²) in [6.07, 6.45) is 0. The Kier molecular flexibility index (Phi) is 3.87. The van der Waals surface area contributed by atoms with E-state index in [2.05, 4.69) is 0 Å². The van der Waals surface area contributed by atoms with Crippen LogP contribution in [0.15, 0.2) is 72.8 Å². The lowest BCUT2D eigenvalue weighted by molar-refractivity contribution is 0.0706. The highest BCUT2D eigenvalue weighted by Gasteiger charge is 2.29. The molecule has 0 spiro atoms. The zero-order chi connectivity index (χ0) is 18.1. The smallest absolute Gasteiger partial charge is 0.274 e. The van der Waals surface area contributed by atoms with Gasteiger partial charge in [0.05, 0.1) is 11.3 Å². The number of benzene rings is 3. The molecule has 3 aromatic carbocycles. The van der Waals surface area contributed by atoms with Crippen molar-refractivity contribution in [2.75, 3.05) is 4.90 Å². The Hall–Kier alpha value is -3.64. The zero-order valence-corrected chi connectivity index (χ0v) is 13.5. The number of rotatable bonds is 2. The van der Waals surface area contributed by atoms with Crippen molar-refractivity contribution in [2.45, 2.75) is 0 Å². The molecule has 2 N–H and O–H groups in total. The fourth-order valence-corrected chi connectivity index (χ4v) is 2.89. The Morgan fingerprint density at radius 1 is 0.885 bits per heavy atom. The van der Waals surface area contributed by atoms with Crippen molar-refractivity contribution in [2.24, 2.45) is 0 Å². The molecule has 0 aliphatic carbocycles. The predicted octanol–water partition coefficient (Wildman–Crippen LogP) is 3.89. The lowest BCUT2D eigenvalue weighted by Gasteiger charge is -2.22. The van der Waals surface area contributed by atoms with Crippen LogP contribution < -0.4 is 15.1 Å². The van der Waals surface area contributed by atoms with Gasteiger partial charge in [-0.1, -0.05) is 24.3 Å². The fourth-order valence-electron chi connectivity index (χ4n) is 2.89. The number of anilines is 2. The van der Waals surface area contributed by atoms with E-state index in [-0.39, 0.29) is 11.5 Å². The third kappa shape index (κ3) is 2.58. The van der Waals surface area contributed by atoms with Gasteiger partial charge in [-0.3, -0.25) is 19.7 Å². The molecule has 0 saturated heterocycles. The molecule has 1 aliphatic heterocycles. The van der Waals surface area contributed by atoms with Crippen LogP contribution in [0.1, 0.15) is 20.7 Å². The molecule has 0 aromatic heterocycles. The van der Waals surface area contributed by atoms with Crippen molar-refractivity contribution in [3.05, 3.63) is 83.9 Å². The van der Waals surface area contributed by atoms with Crippen LogP contribution in [0.3, 0.4) is 0 Å². The largest absolute Gasteiger partial charge is 0.454 e. The minimum atomic E-state index is -0.618. The topological polar surface area (TPSA) is 78.9 Å². The second-order valence-corrected chi connectivity index (χ2v) is 5.69. The van der Waals surface area contributed by atoms with Gasteiger partial charge < -0.3 is 4.74 Å². The number of carbonyl (C=O) groups excluding carboxylic acids is 2. The molecule has 3 aromatic rings. The van der Waals surface area contributed by atoms with E-state index in [0.717, 1.165) is 0 Å². The lowest BCUT2D eigenvalue weighted by Crippen LogP contribution is -2.25. The molecule has 6 heteroatoms. The van der Waals surface area contributed by atoms with Crippen molar-refractivity contribution in [3.8, 4) is 11.5 Å². The maximum Gasteiger partial charge on any atom is 0.274 e. The second kappa shape index (κ2) is 6.34. The molecule has 6 nitrogen and oxygen atoms in total. The van der Waals surface area contributed by atoms with Crippen LogP contribution in [0.25, 0.3) is 0 Å². The molecule has 1 aliphatic rings. The van der Waals surface area contributed by atoms with Gasteiger partial charge in [-0.15, -0.1) is 0 Å². The van der Waals surface area contributed by atoms with Crippen molar-refractivity contribution < 1.29 is 19.5 Å². The van der Waals surface area contributed by atoms with Crippen LogP contribution in [0.5, 0.6) is 11.5 Å². The molecule has 4 rings (SSSR count). The average molecular weight is 346 g/mol. The molecule has 1 heterocycles. The molecule has 0 saturated carbocycles. The first-order valence-corrected chi connectivity index (χ1v) is 7.94. The van der Waals surface area contributed by atoms with Crippen molar-refractivity contribution in [1.29, 1.82) is 0 Å². The third-order valence-electron chi connectivity index (χ3n) is 4.14. The molecular weight excluding hydrogens is 332 g/mol. The first kappa shape index (κ1) is 15.9. The van der Waals surface area contributed by atoms with E-state index in [9.17, 15) is 9.59 Å². The average Bonchev–Trinajstić information content (AvgIpc) is 2.81. The first-order valence-electron chi connectivity index (χ1n) is 7.94. The summed E-state index contributed by atoms with van der Waals surface area (Å²) >= 11 is 0. The van der Waals surface area contributed by atoms with Crippen LogP contribution in [0.2, 0.25) is 0 Å². The SMILES string of the molecule is O=C(NO)c1ccc(N2C(=O)c3ccccc3Oc3ccccc32)cc1. The Labute approximate surface area is 149 Å². The number of carbonyl (C=O) groups is 2. The molecule has 0 radical (unpaired) electrons. The Bertz CT molecular complexity index is 999. The molecular formula is C20H14N2O4. The molecule has 2 amide bonds. The van der Waals surface area contributed by atoms with E-state index < -0.39 is 5.91 Å². The van der Waals surface area contributed by atoms with E-state index in [1.54, 1.807) is 52.8 Å². The van der Waals surface area contributed by atoms with Crippen molar-refractivity contribution >= 4 is 23.2 Å². The molecule has 0 atom stereocenters. The van der Waals surface area contributed by atoms with E-state index >= 15 is 0 Å². The highest BCUT2D eigenvalue weighted by Crippen LogP contribution is 2.42. The van der Waals surface area contributed by atoms with Gasteiger partial charge in [0, 0.05) is 11.3 Å². The van der Waals surface area contributed by atoms with E-state index in [0.29, 0.717) is 28.4 Å². The van der Waals surface area contributed by atoms with Gasteiger partial charge in [0.25, 0.3) is 11.8 Å². The molecule has 0 unspecified atom stereocenters. The Morgan fingerprint density at radius 3 is 2.27 bits per heavy atom. The molecule has 26 heavy (non-hydrogen) atoms. The number of ether oxygens (including phenoxy) is 1. The number of nitrogens with zero attached hydrogens (tertiary/aromatic N) is 1. The number of fused-ring (bicyclic) bond motifs is 2. The van der Waals surface area contributed by atoms with Gasteiger partial charge in [0.2, 0.25) is 0 Å². The van der Waals surface area contributed by atoms with E-state index in [1.807, 2.05) is 18.2 Å². The van der Waals surface area contributed by atoms with E-state index in [4.69, 9.17) is 9.94 Å². The summed E-state index contributed by atoms with van der Waals surface area (Å²) in [5.41, 5.74) is 3.50. The van der Waals surface area contributed by atoms with Gasteiger partial charge >= 0.3 is 0 Å². The van der Waals surface area contributed by atoms with Crippen molar-refractivity contribution in [1.82, 2.24) is 5.48 Å². The molecule has 0 bridgehead atoms. The highest BCUT2D eigenvalue weighted by molar-refractivity contribution is 6.14. The highest BCUT2D eigenvalue weighted by atomic mass is 16.5. The van der Waals surface area contributed by atoms with Gasteiger partial charge in [-0.05, 0) is 48.5 Å². The summed E-state index contributed by atoms with van der Waals surface area (Å²) in [5.74, 6) is 0.199. The zero-order valence-electron chi connectivity index (χ0n) is 13.5. The van der Waals surface area contributed by atoms with Gasteiger partial charge in [0.1, 0.15) is 5.75 Å². The third-order valence-corrected chi connectivity index (χ3v) is 4.14. The fraction of sp³-hybridized carbons (Fsp3) is 0. The maximum absolute atomic E-state index is 13.2. The monoisotopic (exact) mass is 346 g/mol.